The van der Waals surface area contributed by atoms with Crippen molar-refractivity contribution in [2.45, 2.75) is 69.4 Å². The monoisotopic (exact) mass is 276 g/mol. The highest BCUT2D eigenvalue weighted by Gasteiger charge is 2.61. The number of nitrogens with zero attached hydrogens (tertiary/aromatic N) is 1. The van der Waals surface area contributed by atoms with E-state index >= 15 is 0 Å². The van der Waals surface area contributed by atoms with Crippen LogP contribution in [0.1, 0.15) is 58.3 Å². The number of amides is 2. The third-order valence-electron chi connectivity index (χ3n) is 5.96. The second kappa shape index (κ2) is 3.99. The summed E-state index contributed by atoms with van der Waals surface area (Å²) >= 11 is 0. The molecule has 0 bridgehead atoms. The van der Waals surface area contributed by atoms with Crippen molar-refractivity contribution in [1.29, 1.82) is 0 Å². The number of carbonyl (C=O) groups is 2. The van der Waals surface area contributed by atoms with Crippen LogP contribution < -0.4 is 5.32 Å². The molecular weight excluding hydrogens is 252 g/mol. The van der Waals surface area contributed by atoms with Crippen LogP contribution in [0.5, 0.6) is 0 Å². The minimum atomic E-state index is -0.625. The third kappa shape index (κ3) is 1.66. The van der Waals surface area contributed by atoms with E-state index in [-0.39, 0.29) is 11.8 Å². The fraction of sp³-hybridized carbons (Fsp3) is 0.875. The maximum absolute atomic E-state index is 13.1. The van der Waals surface area contributed by atoms with Crippen molar-refractivity contribution in [3.8, 4) is 0 Å². The molecule has 0 aromatic rings. The molecule has 4 heteroatoms. The van der Waals surface area contributed by atoms with Crippen molar-refractivity contribution in [1.82, 2.24) is 10.2 Å². The maximum atomic E-state index is 13.1. The first-order chi connectivity index (χ1) is 9.56. The van der Waals surface area contributed by atoms with Gasteiger partial charge in [0.05, 0.1) is 0 Å². The lowest BCUT2D eigenvalue weighted by Gasteiger charge is -2.50. The average molecular weight is 276 g/mol. The van der Waals surface area contributed by atoms with Crippen LogP contribution in [-0.4, -0.2) is 34.3 Å². The van der Waals surface area contributed by atoms with Gasteiger partial charge in [-0.25, -0.2) is 0 Å². The van der Waals surface area contributed by atoms with Gasteiger partial charge in [-0.2, -0.15) is 0 Å². The molecule has 2 amide bonds. The lowest BCUT2D eigenvalue weighted by Crippen LogP contribution is -2.75. The van der Waals surface area contributed by atoms with Crippen LogP contribution in [0.4, 0.5) is 0 Å². The van der Waals surface area contributed by atoms with Gasteiger partial charge in [-0.15, -0.1) is 0 Å². The Balaban J connectivity index is 1.69. The van der Waals surface area contributed by atoms with Gasteiger partial charge < -0.3 is 10.2 Å². The van der Waals surface area contributed by atoms with Crippen molar-refractivity contribution in [3.63, 3.8) is 0 Å². The molecule has 1 unspecified atom stereocenters. The zero-order valence-electron chi connectivity index (χ0n) is 12.3. The molecule has 4 nitrogen and oxygen atoms in total. The van der Waals surface area contributed by atoms with E-state index in [0.29, 0.717) is 11.8 Å². The second-order valence-corrected chi connectivity index (χ2v) is 7.53. The van der Waals surface area contributed by atoms with Gasteiger partial charge in [0.1, 0.15) is 11.1 Å². The first kappa shape index (κ1) is 12.7. The second-order valence-electron chi connectivity index (χ2n) is 7.53. The van der Waals surface area contributed by atoms with E-state index in [1.807, 2.05) is 11.8 Å². The lowest BCUT2D eigenvalue weighted by molar-refractivity contribution is -0.163. The molecule has 4 rings (SSSR count). The van der Waals surface area contributed by atoms with Gasteiger partial charge in [-0.1, -0.05) is 12.8 Å². The number of rotatable bonds is 3. The molecule has 1 atom stereocenters. The predicted molar refractivity (Wildman–Crippen MR) is 74.9 cm³/mol. The molecule has 1 heterocycles. The number of hydrogen-bond donors (Lipinski definition) is 1. The highest BCUT2D eigenvalue weighted by Crippen LogP contribution is 2.48. The van der Waals surface area contributed by atoms with Crippen LogP contribution in [0.15, 0.2) is 0 Å². The fourth-order valence-corrected chi connectivity index (χ4v) is 4.21. The van der Waals surface area contributed by atoms with Crippen LogP contribution >= 0.6 is 0 Å². The fourth-order valence-electron chi connectivity index (χ4n) is 4.21. The Bertz CT molecular complexity index is 461. The maximum Gasteiger partial charge on any atom is 0.249 e. The van der Waals surface area contributed by atoms with Crippen molar-refractivity contribution in [3.05, 3.63) is 0 Å². The molecule has 3 saturated carbocycles. The number of hydrogen-bond acceptors (Lipinski definition) is 2. The Morgan fingerprint density at radius 1 is 1.15 bits per heavy atom. The molecule has 0 radical (unpaired) electrons. The molecule has 4 aliphatic rings. The Morgan fingerprint density at radius 3 is 2.35 bits per heavy atom. The van der Waals surface area contributed by atoms with E-state index in [0.717, 1.165) is 45.1 Å². The first-order valence-corrected chi connectivity index (χ1v) is 8.21. The van der Waals surface area contributed by atoms with Gasteiger partial charge in [-0.05, 0) is 57.3 Å². The average Bonchev–Trinajstić information content (AvgIpc) is 3.33. The molecule has 0 aromatic heterocycles. The van der Waals surface area contributed by atoms with E-state index in [4.69, 9.17) is 0 Å². The summed E-state index contributed by atoms with van der Waals surface area (Å²) in [6.07, 6.45) is 8.46. The summed E-state index contributed by atoms with van der Waals surface area (Å²) in [4.78, 5) is 27.9. The van der Waals surface area contributed by atoms with Gasteiger partial charge in [0, 0.05) is 6.54 Å². The Kier molecular flexibility index (Phi) is 2.52. The molecular formula is C16H24N2O2. The van der Waals surface area contributed by atoms with E-state index < -0.39 is 11.1 Å². The van der Waals surface area contributed by atoms with Crippen LogP contribution in [0.3, 0.4) is 0 Å². The summed E-state index contributed by atoms with van der Waals surface area (Å²) in [6, 6.07) is 0. The zero-order chi connectivity index (χ0) is 14.0. The van der Waals surface area contributed by atoms with Crippen molar-refractivity contribution in [2.75, 3.05) is 6.54 Å². The Morgan fingerprint density at radius 2 is 1.80 bits per heavy atom. The number of nitrogens with one attached hydrogen (secondary N) is 1. The molecule has 1 N–H and O–H groups in total. The van der Waals surface area contributed by atoms with E-state index in [1.165, 1.54) is 12.8 Å². The summed E-state index contributed by atoms with van der Waals surface area (Å²) in [6.45, 7) is 2.77. The Hall–Kier alpha value is -1.06. The number of piperazine rings is 1. The highest BCUT2D eigenvalue weighted by atomic mass is 16.2. The smallest absolute Gasteiger partial charge is 0.249 e. The summed E-state index contributed by atoms with van der Waals surface area (Å²) in [5.41, 5.74) is -1.13. The summed E-state index contributed by atoms with van der Waals surface area (Å²) in [7, 11) is 0. The third-order valence-corrected chi connectivity index (χ3v) is 5.96. The minimum absolute atomic E-state index is 0.129. The molecule has 110 valence electrons. The predicted octanol–water partition coefficient (Wildman–Crippen LogP) is 1.84. The summed E-state index contributed by atoms with van der Waals surface area (Å²) < 4.78 is 0. The largest absolute Gasteiger partial charge is 0.340 e. The molecule has 0 aromatic carbocycles. The van der Waals surface area contributed by atoms with E-state index in [9.17, 15) is 9.59 Å². The molecule has 1 spiro atoms. The molecule has 1 aliphatic heterocycles. The van der Waals surface area contributed by atoms with Crippen molar-refractivity contribution in [2.24, 2.45) is 11.8 Å². The van der Waals surface area contributed by atoms with Gasteiger partial charge in [0.15, 0.2) is 0 Å². The summed E-state index contributed by atoms with van der Waals surface area (Å²) in [5.74, 6) is 1.34. The van der Waals surface area contributed by atoms with Crippen LogP contribution in [-0.2, 0) is 9.59 Å². The normalized spacial score (nSPS) is 36.5. The number of carbonyl (C=O) groups excluding carboxylic acids is 2. The highest BCUT2D eigenvalue weighted by molar-refractivity contribution is 6.02. The quantitative estimate of drug-likeness (QED) is 0.855. The van der Waals surface area contributed by atoms with Gasteiger partial charge in [-0.3, -0.25) is 9.59 Å². The SMILES string of the molecule is CC1(C2CC2)NC(=O)C2(CCCC2)N(CC2CC2)C1=O. The van der Waals surface area contributed by atoms with Gasteiger partial charge in [0.25, 0.3) is 0 Å². The van der Waals surface area contributed by atoms with Crippen LogP contribution in [0.25, 0.3) is 0 Å². The standard InChI is InChI=1S/C16H24N2O2/c1-15(12-6-7-12)14(20)18(10-11-4-5-11)16(13(19)17-15)8-2-3-9-16/h11-12H,2-10H2,1H3,(H,17,19). The molecule has 1 saturated heterocycles. The molecule has 3 aliphatic carbocycles. The zero-order valence-corrected chi connectivity index (χ0v) is 12.3. The summed E-state index contributed by atoms with van der Waals surface area (Å²) in [5, 5.41) is 3.13. The van der Waals surface area contributed by atoms with Gasteiger partial charge in [0.2, 0.25) is 11.8 Å². The van der Waals surface area contributed by atoms with Gasteiger partial charge >= 0.3 is 0 Å². The topological polar surface area (TPSA) is 49.4 Å². The minimum Gasteiger partial charge on any atom is -0.340 e. The van der Waals surface area contributed by atoms with Crippen molar-refractivity contribution < 1.29 is 9.59 Å². The van der Waals surface area contributed by atoms with E-state index in [2.05, 4.69) is 5.32 Å². The van der Waals surface area contributed by atoms with Crippen LogP contribution in [0, 0.1) is 11.8 Å². The first-order valence-electron chi connectivity index (χ1n) is 8.21. The van der Waals surface area contributed by atoms with Crippen molar-refractivity contribution >= 4 is 11.8 Å². The molecule has 20 heavy (non-hydrogen) atoms. The lowest BCUT2D eigenvalue weighted by atomic mass is 9.82. The van der Waals surface area contributed by atoms with E-state index in [1.54, 1.807) is 0 Å². The molecule has 4 fully saturated rings. The van der Waals surface area contributed by atoms with Crippen LogP contribution in [0.2, 0.25) is 0 Å². The Labute approximate surface area is 120 Å².